The Labute approximate surface area is 175 Å². The van der Waals surface area contributed by atoms with Crippen LogP contribution in [0.2, 0.25) is 0 Å². The molecule has 0 saturated heterocycles. The van der Waals surface area contributed by atoms with Gasteiger partial charge in [0.2, 0.25) is 0 Å². The van der Waals surface area contributed by atoms with Crippen molar-refractivity contribution in [3.05, 3.63) is 72.1 Å². The fourth-order valence-electron chi connectivity index (χ4n) is 2.91. The molecule has 156 valence electrons. The average Bonchev–Trinajstić information content (AvgIpc) is 3.31. The van der Waals surface area contributed by atoms with Crippen LogP contribution >= 0.6 is 0 Å². The molecule has 2 heterocycles. The zero-order valence-corrected chi connectivity index (χ0v) is 17.6. The molecule has 6 heteroatoms. The molecule has 0 radical (unpaired) electrons. The highest BCUT2D eigenvalue weighted by molar-refractivity contribution is 5.95. The highest BCUT2D eigenvalue weighted by atomic mass is 16.6. The van der Waals surface area contributed by atoms with E-state index in [9.17, 15) is 9.59 Å². The highest BCUT2D eigenvalue weighted by Crippen LogP contribution is 2.18. The number of fused-ring (bicyclic) bond motifs is 2. The lowest BCUT2D eigenvalue weighted by Crippen LogP contribution is -2.24. The van der Waals surface area contributed by atoms with Crippen molar-refractivity contribution >= 4 is 33.7 Å². The van der Waals surface area contributed by atoms with E-state index >= 15 is 0 Å². The van der Waals surface area contributed by atoms with Gasteiger partial charge in [-0.25, -0.2) is 9.59 Å². The number of H-pyrrole nitrogens is 2. The topological polar surface area (TPSA) is 84.2 Å². The number of nitrogens with one attached hydrogen (secondary N) is 2. The summed E-state index contributed by atoms with van der Waals surface area (Å²) < 4.78 is 10.2. The van der Waals surface area contributed by atoms with Crippen molar-refractivity contribution in [2.75, 3.05) is 6.61 Å². The lowest BCUT2D eigenvalue weighted by atomic mass is 10.2. The molecule has 4 rings (SSSR count). The van der Waals surface area contributed by atoms with Crippen molar-refractivity contribution in [2.24, 2.45) is 0 Å². The second-order valence-corrected chi connectivity index (χ2v) is 7.76. The van der Waals surface area contributed by atoms with E-state index in [0.717, 1.165) is 21.8 Å². The van der Waals surface area contributed by atoms with Crippen molar-refractivity contribution in [3.8, 4) is 0 Å². The molecule has 0 atom stereocenters. The second-order valence-electron chi connectivity index (χ2n) is 7.76. The van der Waals surface area contributed by atoms with Crippen LogP contribution in [0.3, 0.4) is 0 Å². The third-order valence-electron chi connectivity index (χ3n) is 4.17. The molecule has 0 bridgehead atoms. The number of carbonyl (C=O) groups excluding carboxylic acids is 2. The van der Waals surface area contributed by atoms with Crippen molar-refractivity contribution in [1.29, 1.82) is 0 Å². The van der Waals surface area contributed by atoms with Gasteiger partial charge in [0.1, 0.15) is 17.0 Å². The van der Waals surface area contributed by atoms with Crippen molar-refractivity contribution in [2.45, 2.75) is 33.3 Å². The fraction of sp³-hybridized carbons (Fsp3) is 0.250. The lowest BCUT2D eigenvalue weighted by Gasteiger charge is -2.18. The number of carbonyl (C=O) groups is 2. The van der Waals surface area contributed by atoms with E-state index in [1.54, 1.807) is 13.0 Å². The Morgan fingerprint density at radius 2 is 1.27 bits per heavy atom. The molecule has 0 aliphatic heterocycles. The number of hydrogen-bond acceptors (Lipinski definition) is 4. The van der Waals surface area contributed by atoms with E-state index in [0.29, 0.717) is 18.0 Å². The molecule has 0 unspecified atom stereocenters. The van der Waals surface area contributed by atoms with Gasteiger partial charge in [-0.05, 0) is 52.0 Å². The van der Waals surface area contributed by atoms with Crippen LogP contribution in [-0.4, -0.2) is 34.1 Å². The molecule has 2 aromatic heterocycles. The van der Waals surface area contributed by atoms with Gasteiger partial charge < -0.3 is 19.4 Å². The molecule has 0 spiro atoms. The van der Waals surface area contributed by atoms with Crippen LogP contribution < -0.4 is 0 Å². The predicted octanol–water partition coefficient (Wildman–Crippen LogP) is 5.47. The molecule has 2 aromatic carbocycles. The standard InChI is InChI=1S/C13H15NO2.C11H11NO2/c1-13(2,3)16-12(15)11-8-9-6-4-5-7-10(9)14-11;1-2-14-11(13)10-7-8-5-3-4-6-9(8)12-10/h4-8,14H,1-3H3;3-7,12H,2H2,1H3. The monoisotopic (exact) mass is 406 g/mol. The molecule has 0 amide bonds. The first-order valence-electron chi connectivity index (χ1n) is 9.83. The maximum absolute atomic E-state index is 11.8. The van der Waals surface area contributed by atoms with Gasteiger partial charge in [-0.1, -0.05) is 36.4 Å². The van der Waals surface area contributed by atoms with Gasteiger partial charge in [-0.15, -0.1) is 0 Å². The van der Waals surface area contributed by atoms with E-state index in [2.05, 4.69) is 9.97 Å². The third-order valence-corrected chi connectivity index (χ3v) is 4.17. The predicted molar refractivity (Wildman–Crippen MR) is 118 cm³/mol. The van der Waals surface area contributed by atoms with E-state index in [1.807, 2.05) is 75.4 Å². The van der Waals surface area contributed by atoms with Gasteiger partial charge in [0.15, 0.2) is 0 Å². The molecule has 0 aliphatic carbocycles. The summed E-state index contributed by atoms with van der Waals surface area (Å²) in [6.07, 6.45) is 0. The van der Waals surface area contributed by atoms with Crippen molar-refractivity contribution in [1.82, 2.24) is 9.97 Å². The fourth-order valence-corrected chi connectivity index (χ4v) is 2.91. The summed E-state index contributed by atoms with van der Waals surface area (Å²) in [6, 6.07) is 19.1. The quantitative estimate of drug-likeness (QED) is 0.442. The molecule has 4 aromatic rings. The summed E-state index contributed by atoms with van der Waals surface area (Å²) in [5.74, 6) is -0.618. The van der Waals surface area contributed by atoms with Gasteiger partial charge >= 0.3 is 11.9 Å². The molecule has 6 nitrogen and oxygen atoms in total. The largest absolute Gasteiger partial charge is 0.461 e. The molecular formula is C24H26N2O4. The normalized spacial score (nSPS) is 11.1. The minimum absolute atomic E-state index is 0.302. The summed E-state index contributed by atoms with van der Waals surface area (Å²) in [6.45, 7) is 7.75. The number of para-hydroxylation sites is 2. The van der Waals surface area contributed by atoms with Crippen LogP contribution in [0, 0.1) is 0 Å². The number of rotatable bonds is 3. The van der Waals surface area contributed by atoms with E-state index in [-0.39, 0.29) is 11.9 Å². The number of aromatic nitrogens is 2. The number of hydrogen-bond donors (Lipinski definition) is 2. The van der Waals surface area contributed by atoms with Gasteiger partial charge in [-0.3, -0.25) is 0 Å². The van der Waals surface area contributed by atoms with Crippen LogP contribution in [0.5, 0.6) is 0 Å². The Morgan fingerprint density at radius 1 is 0.800 bits per heavy atom. The Hall–Kier alpha value is -3.54. The number of esters is 2. The second kappa shape index (κ2) is 8.86. The minimum Gasteiger partial charge on any atom is -0.461 e. The van der Waals surface area contributed by atoms with Crippen molar-refractivity contribution < 1.29 is 19.1 Å². The lowest BCUT2D eigenvalue weighted by molar-refractivity contribution is 0.00636. The molecular weight excluding hydrogens is 380 g/mol. The smallest absolute Gasteiger partial charge is 0.355 e. The first kappa shape index (κ1) is 21.2. The van der Waals surface area contributed by atoms with Crippen LogP contribution in [0.15, 0.2) is 60.7 Å². The van der Waals surface area contributed by atoms with Gasteiger partial charge in [0.05, 0.1) is 6.61 Å². The van der Waals surface area contributed by atoms with Crippen LogP contribution in [0.1, 0.15) is 48.7 Å². The Bertz CT molecular complexity index is 1100. The summed E-state index contributed by atoms with van der Waals surface area (Å²) in [5, 5.41) is 2.04. The Balaban J connectivity index is 0.000000172. The highest BCUT2D eigenvalue weighted by Gasteiger charge is 2.19. The maximum Gasteiger partial charge on any atom is 0.355 e. The molecule has 2 N–H and O–H groups in total. The van der Waals surface area contributed by atoms with E-state index in [1.165, 1.54) is 0 Å². The summed E-state index contributed by atoms with van der Waals surface area (Å²) in [7, 11) is 0. The van der Waals surface area contributed by atoms with Gasteiger partial charge in [-0.2, -0.15) is 0 Å². The van der Waals surface area contributed by atoms with Gasteiger partial charge in [0.25, 0.3) is 0 Å². The SMILES string of the molecule is CC(C)(C)OC(=O)c1cc2ccccc2[nH]1.CCOC(=O)c1cc2ccccc2[nH]1. The number of ether oxygens (including phenoxy) is 2. The summed E-state index contributed by atoms with van der Waals surface area (Å²) in [4.78, 5) is 29.2. The molecule has 0 fully saturated rings. The molecule has 30 heavy (non-hydrogen) atoms. The van der Waals surface area contributed by atoms with Crippen molar-refractivity contribution in [3.63, 3.8) is 0 Å². The molecule has 0 aliphatic rings. The van der Waals surface area contributed by atoms with E-state index in [4.69, 9.17) is 9.47 Å². The summed E-state index contributed by atoms with van der Waals surface area (Å²) >= 11 is 0. The first-order chi connectivity index (χ1) is 14.3. The average molecular weight is 406 g/mol. The third kappa shape index (κ3) is 5.29. The number of benzene rings is 2. The Kier molecular flexibility index (Phi) is 6.26. The van der Waals surface area contributed by atoms with Gasteiger partial charge in [0, 0.05) is 21.8 Å². The zero-order chi connectivity index (χ0) is 21.7. The number of aromatic amines is 2. The Morgan fingerprint density at radius 3 is 1.70 bits per heavy atom. The molecule has 0 saturated carbocycles. The first-order valence-corrected chi connectivity index (χ1v) is 9.83. The van der Waals surface area contributed by atoms with Crippen LogP contribution in [0.4, 0.5) is 0 Å². The van der Waals surface area contributed by atoms with Crippen LogP contribution in [0.25, 0.3) is 21.8 Å². The minimum atomic E-state index is -0.464. The summed E-state index contributed by atoms with van der Waals surface area (Å²) in [5.41, 5.74) is 2.44. The zero-order valence-electron chi connectivity index (χ0n) is 17.6. The maximum atomic E-state index is 11.8. The van der Waals surface area contributed by atoms with E-state index < -0.39 is 5.60 Å². The van der Waals surface area contributed by atoms with Crippen LogP contribution in [-0.2, 0) is 9.47 Å².